The van der Waals surface area contributed by atoms with Gasteiger partial charge < -0.3 is 5.73 Å². The smallest absolute Gasteiger partial charge is 0.338 e. The first kappa shape index (κ1) is 11.0. The number of anilines is 1. The standard InChI is InChI=1S/C9H10N6O2/c1-2-14-6(3-4-13-14)7-8(15(16)17)9(10)12-5-11-7/h3-5H,2H2,1H3,(H2,10,11,12). The number of hydrogen-bond acceptors (Lipinski definition) is 6. The van der Waals surface area contributed by atoms with Crippen LogP contribution in [0.15, 0.2) is 18.6 Å². The van der Waals surface area contributed by atoms with Crippen molar-refractivity contribution in [1.82, 2.24) is 19.7 Å². The number of hydrogen-bond donors (Lipinski definition) is 1. The summed E-state index contributed by atoms with van der Waals surface area (Å²) in [5.41, 5.74) is 5.94. The number of nitro groups is 1. The summed E-state index contributed by atoms with van der Waals surface area (Å²) in [5, 5.41) is 15.0. The molecule has 2 aromatic heterocycles. The van der Waals surface area contributed by atoms with Crippen LogP contribution in [0.5, 0.6) is 0 Å². The molecule has 0 fully saturated rings. The van der Waals surface area contributed by atoms with Gasteiger partial charge in [-0.1, -0.05) is 0 Å². The van der Waals surface area contributed by atoms with E-state index in [-0.39, 0.29) is 17.2 Å². The highest BCUT2D eigenvalue weighted by atomic mass is 16.6. The highest BCUT2D eigenvalue weighted by Gasteiger charge is 2.24. The fourth-order valence-electron chi connectivity index (χ4n) is 1.55. The second-order valence-corrected chi connectivity index (χ2v) is 3.25. The van der Waals surface area contributed by atoms with Gasteiger partial charge in [0.15, 0.2) is 5.69 Å². The summed E-state index contributed by atoms with van der Waals surface area (Å²) in [5.74, 6) is -0.149. The molecular weight excluding hydrogens is 224 g/mol. The average molecular weight is 234 g/mol. The second-order valence-electron chi connectivity index (χ2n) is 3.25. The van der Waals surface area contributed by atoms with Crippen LogP contribution in [0.25, 0.3) is 11.4 Å². The van der Waals surface area contributed by atoms with Gasteiger partial charge in [0, 0.05) is 12.7 Å². The van der Waals surface area contributed by atoms with Gasteiger partial charge in [-0.05, 0) is 13.0 Å². The Morgan fingerprint density at radius 1 is 1.53 bits per heavy atom. The van der Waals surface area contributed by atoms with Crippen LogP contribution in [-0.2, 0) is 6.54 Å². The molecule has 0 aliphatic carbocycles. The molecule has 0 bridgehead atoms. The van der Waals surface area contributed by atoms with E-state index in [0.29, 0.717) is 12.2 Å². The first-order valence-corrected chi connectivity index (χ1v) is 4.92. The van der Waals surface area contributed by atoms with Crippen molar-refractivity contribution in [2.45, 2.75) is 13.5 Å². The lowest BCUT2D eigenvalue weighted by Gasteiger charge is -2.05. The van der Waals surface area contributed by atoms with Gasteiger partial charge in [0.1, 0.15) is 6.33 Å². The third-order valence-electron chi connectivity index (χ3n) is 2.29. The quantitative estimate of drug-likeness (QED) is 0.622. The van der Waals surface area contributed by atoms with E-state index in [1.165, 1.54) is 6.33 Å². The SMILES string of the molecule is CCn1nccc1-c1ncnc(N)c1[N+](=O)[O-]. The topological polar surface area (TPSA) is 113 Å². The molecule has 2 aromatic rings. The Hall–Kier alpha value is -2.51. The molecule has 8 heteroatoms. The number of aryl methyl sites for hydroxylation is 1. The van der Waals surface area contributed by atoms with E-state index in [9.17, 15) is 10.1 Å². The Labute approximate surface area is 96.3 Å². The molecule has 2 rings (SSSR count). The largest absolute Gasteiger partial charge is 0.378 e. The maximum absolute atomic E-state index is 11.0. The predicted octanol–water partition coefficient (Wildman–Crippen LogP) is 0.850. The molecule has 0 unspecified atom stereocenters. The molecule has 0 aromatic carbocycles. The van der Waals surface area contributed by atoms with Gasteiger partial charge in [-0.3, -0.25) is 14.8 Å². The minimum absolute atomic E-state index is 0.149. The molecule has 0 atom stereocenters. The van der Waals surface area contributed by atoms with Crippen LogP contribution in [0.4, 0.5) is 11.5 Å². The second kappa shape index (κ2) is 4.16. The van der Waals surface area contributed by atoms with E-state index in [1.54, 1.807) is 16.9 Å². The summed E-state index contributed by atoms with van der Waals surface area (Å²) in [7, 11) is 0. The number of nitrogen functional groups attached to an aromatic ring is 1. The van der Waals surface area contributed by atoms with Crippen molar-refractivity contribution < 1.29 is 4.92 Å². The van der Waals surface area contributed by atoms with Crippen molar-refractivity contribution >= 4 is 11.5 Å². The van der Waals surface area contributed by atoms with Crippen LogP contribution in [0.2, 0.25) is 0 Å². The van der Waals surface area contributed by atoms with E-state index >= 15 is 0 Å². The van der Waals surface area contributed by atoms with Crippen LogP contribution in [0.3, 0.4) is 0 Å². The van der Waals surface area contributed by atoms with Crippen LogP contribution >= 0.6 is 0 Å². The molecule has 0 saturated heterocycles. The third kappa shape index (κ3) is 1.80. The van der Waals surface area contributed by atoms with E-state index in [0.717, 1.165) is 0 Å². The predicted molar refractivity (Wildman–Crippen MR) is 60.0 cm³/mol. The van der Waals surface area contributed by atoms with E-state index in [4.69, 9.17) is 5.73 Å². The van der Waals surface area contributed by atoms with Crippen molar-refractivity contribution in [3.05, 3.63) is 28.7 Å². The number of aromatic nitrogens is 4. The zero-order valence-corrected chi connectivity index (χ0v) is 9.07. The molecule has 0 spiro atoms. The van der Waals surface area contributed by atoms with Crippen LogP contribution in [0, 0.1) is 10.1 Å². The molecule has 8 nitrogen and oxygen atoms in total. The molecule has 0 amide bonds. The monoisotopic (exact) mass is 234 g/mol. The van der Waals surface area contributed by atoms with Gasteiger partial charge >= 0.3 is 5.69 Å². The number of nitrogens with two attached hydrogens (primary N) is 1. The number of rotatable bonds is 3. The Balaban J connectivity index is 2.67. The normalized spacial score (nSPS) is 10.4. The van der Waals surface area contributed by atoms with E-state index in [2.05, 4.69) is 15.1 Å². The molecular formula is C9H10N6O2. The molecule has 2 heterocycles. The first-order chi connectivity index (χ1) is 8.15. The van der Waals surface area contributed by atoms with E-state index in [1.807, 2.05) is 6.92 Å². The maximum atomic E-state index is 11.0. The maximum Gasteiger partial charge on any atom is 0.338 e. The van der Waals surface area contributed by atoms with Crippen LogP contribution in [-0.4, -0.2) is 24.7 Å². The minimum atomic E-state index is -0.586. The fraction of sp³-hybridized carbons (Fsp3) is 0.222. The molecule has 17 heavy (non-hydrogen) atoms. The van der Waals surface area contributed by atoms with Crippen molar-refractivity contribution in [2.75, 3.05) is 5.73 Å². The van der Waals surface area contributed by atoms with Crippen molar-refractivity contribution in [3.8, 4) is 11.4 Å². The highest BCUT2D eigenvalue weighted by Crippen LogP contribution is 2.30. The van der Waals surface area contributed by atoms with Gasteiger partial charge in [0.05, 0.1) is 10.6 Å². The number of nitrogens with zero attached hydrogens (tertiary/aromatic N) is 5. The molecule has 0 aliphatic rings. The summed E-state index contributed by atoms with van der Waals surface area (Å²) >= 11 is 0. The summed E-state index contributed by atoms with van der Waals surface area (Å²) < 4.78 is 1.61. The van der Waals surface area contributed by atoms with Crippen molar-refractivity contribution in [3.63, 3.8) is 0 Å². The molecule has 88 valence electrons. The minimum Gasteiger partial charge on any atom is -0.378 e. The van der Waals surface area contributed by atoms with Gasteiger partial charge in [0.25, 0.3) is 0 Å². The lowest BCUT2D eigenvalue weighted by atomic mass is 10.2. The van der Waals surface area contributed by atoms with Crippen molar-refractivity contribution in [1.29, 1.82) is 0 Å². The van der Waals surface area contributed by atoms with E-state index < -0.39 is 4.92 Å². The summed E-state index contributed by atoms with van der Waals surface area (Å²) in [4.78, 5) is 17.9. The molecule has 0 radical (unpaired) electrons. The zero-order chi connectivity index (χ0) is 12.4. The lowest BCUT2D eigenvalue weighted by molar-refractivity contribution is -0.383. The van der Waals surface area contributed by atoms with Gasteiger partial charge in [-0.25, -0.2) is 9.97 Å². The average Bonchev–Trinajstić information content (AvgIpc) is 2.75. The van der Waals surface area contributed by atoms with Gasteiger partial charge in [-0.15, -0.1) is 0 Å². The van der Waals surface area contributed by atoms with Gasteiger partial charge in [0.2, 0.25) is 5.82 Å². The highest BCUT2D eigenvalue weighted by molar-refractivity contribution is 5.73. The summed E-state index contributed by atoms with van der Waals surface area (Å²) in [6.07, 6.45) is 2.76. The third-order valence-corrected chi connectivity index (χ3v) is 2.29. The fourth-order valence-corrected chi connectivity index (χ4v) is 1.55. The van der Waals surface area contributed by atoms with Crippen LogP contribution < -0.4 is 5.73 Å². The summed E-state index contributed by atoms with van der Waals surface area (Å²) in [6, 6.07) is 1.65. The first-order valence-electron chi connectivity index (χ1n) is 4.92. The van der Waals surface area contributed by atoms with Crippen molar-refractivity contribution in [2.24, 2.45) is 0 Å². The molecule has 2 N–H and O–H groups in total. The van der Waals surface area contributed by atoms with Crippen LogP contribution in [0.1, 0.15) is 6.92 Å². The molecule has 0 saturated carbocycles. The van der Waals surface area contributed by atoms with Gasteiger partial charge in [-0.2, -0.15) is 5.10 Å². The Bertz CT molecular complexity index is 564. The Morgan fingerprint density at radius 3 is 2.94 bits per heavy atom. The zero-order valence-electron chi connectivity index (χ0n) is 9.07. The Morgan fingerprint density at radius 2 is 2.29 bits per heavy atom. The lowest BCUT2D eigenvalue weighted by Crippen LogP contribution is -2.06. The Kier molecular flexibility index (Phi) is 2.69. The summed E-state index contributed by atoms with van der Waals surface area (Å²) in [6.45, 7) is 2.47. The molecule has 0 aliphatic heterocycles.